The number of halogens is 3. The molecule has 4 rings (SSSR count). The number of anilines is 2. The lowest BCUT2D eigenvalue weighted by molar-refractivity contribution is -0.384. The number of carbonyl (C=O) groups is 2. The van der Waals surface area contributed by atoms with Crippen LogP contribution in [0.4, 0.5) is 30.2 Å². The van der Waals surface area contributed by atoms with Gasteiger partial charge in [-0.1, -0.05) is 12.1 Å². The van der Waals surface area contributed by atoms with E-state index in [2.05, 4.69) is 15.7 Å². The molecule has 12 heteroatoms. The first-order valence-electron chi connectivity index (χ1n) is 10.1. The van der Waals surface area contributed by atoms with E-state index in [1.54, 1.807) is 6.07 Å². The van der Waals surface area contributed by atoms with Gasteiger partial charge in [-0.3, -0.25) is 24.4 Å². The third-order valence-electron chi connectivity index (χ3n) is 4.99. The van der Waals surface area contributed by atoms with Crippen molar-refractivity contribution in [2.24, 2.45) is 0 Å². The van der Waals surface area contributed by atoms with Crippen molar-refractivity contribution >= 4 is 39.8 Å². The number of nitro groups is 1. The van der Waals surface area contributed by atoms with Gasteiger partial charge in [0.1, 0.15) is 6.54 Å². The first-order valence-corrected chi connectivity index (χ1v) is 10.1. The predicted molar refractivity (Wildman–Crippen MR) is 121 cm³/mol. The van der Waals surface area contributed by atoms with E-state index in [-0.39, 0.29) is 23.5 Å². The van der Waals surface area contributed by atoms with Crippen LogP contribution in [0.3, 0.4) is 0 Å². The second-order valence-electron chi connectivity index (χ2n) is 7.46. The van der Waals surface area contributed by atoms with Gasteiger partial charge >= 0.3 is 6.18 Å². The van der Waals surface area contributed by atoms with Crippen LogP contribution < -0.4 is 10.6 Å². The molecule has 0 saturated heterocycles. The molecule has 0 aliphatic rings. The highest BCUT2D eigenvalue weighted by Crippen LogP contribution is 2.30. The van der Waals surface area contributed by atoms with Gasteiger partial charge in [-0.25, -0.2) is 0 Å². The fraction of sp³-hybridized carbons (Fsp3) is 0.0870. The van der Waals surface area contributed by atoms with E-state index in [0.717, 1.165) is 12.1 Å². The minimum Gasteiger partial charge on any atom is -0.324 e. The number of carbonyl (C=O) groups excluding carboxylic acids is 2. The quantitative estimate of drug-likeness (QED) is 0.300. The molecule has 3 aromatic carbocycles. The van der Waals surface area contributed by atoms with Crippen molar-refractivity contribution in [2.75, 3.05) is 10.6 Å². The molecule has 0 aliphatic carbocycles. The number of hydrogen-bond donors (Lipinski definition) is 2. The number of benzene rings is 3. The van der Waals surface area contributed by atoms with Crippen LogP contribution in [0.5, 0.6) is 0 Å². The Labute approximate surface area is 195 Å². The number of alkyl halides is 3. The lowest BCUT2D eigenvalue weighted by atomic mass is 10.1. The monoisotopic (exact) mass is 483 g/mol. The number of non-ortho nitro benzene ring substituents is 1. The molecular formula is C23H16F3N5O4. The molecule has 0 unspecified atom stereocenters. The summed E-state index contributed by atoms with van der Waals surface area (Å²) in [5, 5.41) is 20.5. The summed E-state index contributed by atoms with van der Waals surface area (Å²) >= 11 is 0. The Hall–Kier alpha value is -4.74. The van der Waals surface area contributed by atoms with Crippen LogP contribution in [0.2, 0.25) is 0 Å². The number of nitrogens with zero attached hydrogens (tertiary/aromatic N) is 3. The van der Waals surface area contributed by atoms with Gasteiger partial charge in [0.2, 0.25) is 5.91 Å². The Balaban J connectivity index is 1.44. The van der Waals surface area contributed by atoms with E-state index < -0.39 is 28.5 Å². The third-order valence-corrected chi connectivity index (χ3v) is 4.99. The average molecular weight is 483 g/mol. The highest BCUT2D eigenvalue weighted by molar-refractivity contribution is 6.05. The van der Waals surface area contributed by atoms with Gasteiger partial charge < -0.3 is 10.6 Å². The Morgan fingerprint density at radius 3 is 2.40 bits per heavy atom. The van der Waals surface area contributed by atoms with Gasteiger partial charge in [0, 0.05) is 34.5 Å². The minimum absolute atomic E-state index is 0.0231. The molecule has 0 fully saturated rings. The maximum absolute atomic E-state index is 12.9. The zero-order chi connectivity index (χ0) is 25.2. The van der Waals surface area contributed by atoms with Crippen LogP contribution in [-0.2, 0) is 17.5 Å². The lowest BCUT2D eigenvalue weighted by Gasteiger charge is -2.11. The van der Waals surface area contributed by atoms with E-state index in [9.17, 15) is 32.9 Å². The Morgan fingerprint density at radius 2 is 1.69 bits per heavy atom. The van der Waals surface area contributed by atoms with Crippen molar-refractivity contribution in [2.45, 2.75) is 12.7 Å². The molecule has 0 bridgehead atoms. The maximum atomic E-state index is 12.9. The summed E-state index contributed by atoms with van der Waals surface area (Å²) in [5.41, 5.74) is -0.0698. The minimum atomic E-state index is -4.54. The molecule has 2 amide bonds. The molecule has 1 heterocycles. The molecule has 2 N–H and O–H groups in total. The van der Waals surface area contributed by atoms with Crippen molar-refractivity contribution in [1.29, 1.82) is 0 Å². The highest BCUT2D eigenvalue weighted by Gasteiger charge is 2.30. The molecule has 0 radical (unpaired) electrons. The van der Waals surface area contributed by atoms with Crippen LogP contribution in [-0.4, -0.2) is 26.5 Å². The number of amides is 2. The van der Waals surface area contributed by atoms with Crippen LogP contribution in [0.25, 0.3) is 10.9 Å². The fourth-order valence-electron chi connectivity index (χ4n) is 3.37. The van der Waals surface area contributed by atoms with Crippen molar-refractivity contribution in [1.82, 2.24) is 9.78 Å². The second kappa shape index (κ2) is 9.25. The standard InChI is InChI=1S/C23H16F3N5O4/c24-23(25,26)16-4-2-6-18(11-16)29-22(33)14-3-1-5-17(9-14)28-21(32)13-30-20-8-7-19(31(34)35)10-15(20)12-27-30/h1-12H,13H2,(H,28,32)(H,29,33). The van der Waals surface area contributed by atoms with Gasteiger partial charge in [0.25, 0.3) is 11.6 Å². The molecular weight excluding hydrogens is 467 g/mol. The summed E-state index contributed by atoms with van der Waals surface area (Å²) < 4.78 is 40.0. The number of aromatic nitrogens is 2. The van der Waals surface area contributed by atoms with Gasteiger partial charge in [0.15, 0.2) is 0 Å². The lowest BCUT2D eigenvalue weighted by Crippen LogP contribution is -2.20. The number of nitrogens with one attached hydrogen (secondary N) is 2. The van der Waals surface area contributed by atoms with Crippen molar-refractivity contribution in [3.8, 4) is 0 Å². The number of hydrogen-bond acceptors (Lipinski definition) is 5. The molecule has 35 heavy (non-hydrogen) atoms. The maximum Gasteiger partial charge on any atom is 0.416 e. The predicted octanol–water partition coefficient (Wildman–Crippen LogP) is 4.85. The Morgan fingerprint density at radius 1 is 0.971 bits per heavy atom. The van der Waals surface area contributed by atoms with Gasteiger partial charge in [0.05, 0.1) is 22.2 Å². The summed E-state index contributed by atoms with van der Waals surface area (Å²) in [4.78, 5) is 35.4. The SMILES string of the molecule is O=C(Cn1ncc2cc([N+](=O)[O-])ccc21)Nc1cccc(C(=O)Nc2cccc(C(F)(F)F)c2)c1. The summed E-state index contributed by atoms with van der Waals surface area (Å²) in [5.74, 6) is -1.12. The third kappa shape index (κ3) is 5.43. The highest BCUT2D eigenvalue weighted by atomic mass is 19.4. The topological polar surface area (TPSA) is 119 Å². The zero-order valence-electron chi connectivity index (χ0n) is 17.7. The van der Waals surface area contributed by atoms with E-state index in [0.29, 0.717) is 16.6 Å². The molecule has 0 atom stereocenters. The largest absolute Gasteiger partial charge is 0.416 e. The van der Waals surface area contributed by atoms with Crippen LogP contribution in [0.1, 0.15) is 15.9 Å². The zero-order valence-corrected chi connectivity index (χ0v) is 17.7. The fourth-order valence-corrected chi connectivity index (χ4v) is 3.37. The molecule has 0 saturated carbocycles. The van der Waals surface area contributed by atoms with Crippen LogP contribution >= 0.6 is 0 Å². The molecule has 0 aliphatic heterocycles. The normalized spacial score (nSPS) is 11.3. The van der Waals surface area contributed by atoms with Crippen LogP contribution in [0, 0.1) is 10.1 Å². The molecule has 9 nitrogen and oxygen atoms in total. The van der Waals surface area contributed by atoms with E-state index in [1.165, 1.54) is 59.4 Å². The van der Waals surface area contributed by atoms with E-state index in [1.807, 2.05) is 0 Å². The summed E-state index contributed by atoms with van der Waals surface area (Å²) in [6, 6.07) is 14.3. The number of rotatable bonds is 6. The second-order valence-corrected chi connectivity index (χ2v) is 7.46. The molecule has 4 aromatic rings. The summed E-state index contributed by atoms with van der Waals surface area (Å²) in [6.07, 6.45) is -3.13. The first kappa shape index (κ1) is 23.4. The van der Waals surface area contributed by atoms with E-state index >= 15 is 0 Å². The van der Waals surface area contributed by atoms with Crippen molar-refractivity contribution in [3.63, 3.8) is 0 Å². The average Bonchev–Trinajstić information content (AvgIpc) is 3.20. The Kier molecular flexibility index (Phi) is 6.19. The molecule has 1 aromatic heterocycles. The summed E-state index contributed by atoms with van der Waals surface area (Å²) in [7, 11) is 0. The number of nitro benzene ring substituents is 1. The van der Waals surface area contributed by atoms with Gasteiger partial charge in [-0.15, -0.1) is 0 Å². The van der Waals surface area contributed by atoms with Crippen molar-refractivity contribution < 1.29 is 27.7 Å². The van der Waals surface area contributed by atoms with Gasteiger partial charge in [-0.05, 0) is 42.5 Å². The first-order chi connectivity index (χ1) is 16.6. The molecule has 0 spiro atoms. The molecule has 178 valence electrons. The number of fused-ring (bicyclic) bond motifs is 1. The van der Waals surface area contributed by atoms with Gasteiger partial charge in [-0.2, -0.15) is 18.3 Å². The Bertz CT molecular complexity index is 1450. The summed E-state index contributed by atoms with van der Waals surface area (Å²) in [6.45, 7) is -0.192. The van der Waals surface area contributed by atoms with Crippen LogP contribution in [0.15, 0.2) is 72.9 Å². The van der Waals surface area contributed by atoms with Crippen molar-refractivity contribution in [3.05, 3.63) is 94.2 Å². The van der Waals surface area contributed by atoms with E-state index in [4.69, 9.17) is 0 Å². The smallest absolute Gasteiger partial charge is 0.324 e.